The second-order valence-electron chi connectivity index (χ2n) is 5.42. The molecule has 0 spiro atoms. The number of aliphatic hydroxyl groups is 1. The van der Waals surface area contributed by atoms with Crippen LogP contribution < -0.4 is 5.32 Å². The average molecular weight is 346 g/mol. The fourth-order valence-corrected chi connectivity index (χ4v) is 2.47. The number of carbonyl (C=O) groups is 1. The minimum absolute atomic E-state index is 0.0743. The van der Waals surface area contributed by atoms with Gasteiger partial charge in [-0.15, -0.1) is 0 Å². The van der Waals surface area contributed by atoms with Crippen LogP contribution in [-0.2, 0) is 0 Å². The zero-order valence-electron chi connectivity index (χ0n) is 12.8. The SMILES string of the molecule is O=C(NC(CO)c1cc(F)c(F)c(F)c1)c1ccc2ncccc2c1. The van der Waals surface area contributed by atoms with Gasteiger partial charge in [0.05, 0.1) is 18.2 Å². The number of carbonyl (C=O) groups excluding carboxylic acids is 1. The molecule has 3 rings (SSSR count). The van der Waals surface area contributed by atoms with Crippen molar-refractivity contribution in [2.75, 3.05) is 6.61 Å². The normalized spacial score (nSPS) is 12.2. The predicted molar refractivity (Wildman–Crippen MR) is 85.4 cm³/mol. The zero-order valence-corrected chi connectivity index (χ0v) is 12.8. The number of pyridine rings is 1. The van der Waals surface area contributed by atoms with Crippen molar-refractivity contribution in [1.29, 1.82) is 0 Å². The highest BCUT2D eigenvalue weighted by molar-refractivity contribution is 5.98. The molecule has 3 aromatic rings. The third-order valence-corrected chi connectivity index (χ3v) is 3.76. The molecule has 2 aromatic carbocycles. The number of nitrogens with one attached hydrogen (secondary N) is 1. The number of aliphatic hydroxyl groups excluding tert-OH is 1. The number of rotatable bonds is 4. The number of hydrogen-bond acceptors (Lipinski definition) is 3. The van der Waals surface area contributed by atoms with E-state index in [9.17, 15) is 23.1 Å². The maximum absolute atomic E-state index is 13.4. The standard InChI is InChI=1S/C18H13F3N2O2/c19-13-7-12(8-14(20)17(13)21)16(9-24)23-18(25)11-3-4-15-10(6-11)2-1-5-22-15/h1-8,16,24H,9H2,(H,23,25). The van der Waals surface area contributed by atoms with E-state index in [1.165, 1.54) is 0 Å². The number of aromatic nitrogens is 1. The Hall–Kier alpha value is -2.93. The van der Waals surface area contributed by atoms with Crippen LogP contribution >= 0.6 is 0 Å². The molecule has 0 aliphatic heterocycles. The van der Waals surface area contributed by atoms with E-state index in [1.807, 2.05) is 0 Å². The van der Waals surface area contributed by atoms with Crippen molar-refractivity contribution in [1.82, 2.24) is 10.3 Å². The summed E-state index contributed by atoms with van der Waals surface area (Å²) in [5.74, 6) is -4.93. The van der Waals surface area contributed by atoms with E-state index >= 15 is 0 Å². The molecule has 1 aromatic heterocycles. The molecule has 1 amide bonds. The first-order valence-electron chi connectivity index (χ1n) is 7.40. The first kappa shape index (κ1) is 16.9. The quantitative estimate of drug-likeness (QED) is 0.714. The van der Waals surface area contributed by atoms with Gasteiger partial charge in [0.15, 0.2) is 17.5 Å². The van der Waals surface area contributed by atoms with Gasteiger partial charge in [-0.2, -0.15) is 0 Å². The summed E-state index contributed by atoms with van der Waals surface area (Å²) in [6.07, 6.45) is 1.63. The molecule has 128 valence electrons. The highest BCUT2D eigenvalue weighted by Gasteiger charge is 2.19. The number of halogens is 3. The van der Waals surface area contributed by atoms with E-state index < -0.39 is 36.0 Å². The van der Waals surface area contributed by atoms with Gasteiger partial charge in [-0.25, -0.2) is 13.2 Å². The smallest absolute Gasteiger partial charge is 0.251 e. The average Bonchev–Trinajstić information content (AvgIpc) is 2.63. The van der Waals surface area contributed by atoms with E-state index in [1.54, 1.807) is 36.5 Å². The van der Waals surface area contributed by atoms with Crippen molar-refractivity contribution >= 4 is 16.8 Å². The van der Waals surface area contributed by atoms with Crippen molar-refractivity contribution in [2.45, 2.75) is 6.04 Å². The monoisotopic (exact) mass is 346 g/mol. The van der Waals surface area contributed by atoms with Gasteiger partial charge in [-0.1, -0.05) is 6.07 Å². The van der Waals surface area contributed by atoms with Gasteiger partial charge in [0.2, 0.25) is 0 Å². The van der Waals surface area contributed by atoms with Crippen LogP contribution in [0.5, 0.6) is 0 Å². The van der Waals surface area contributed by atoms with Gasteiger partial charge in [-0.3, -0.25) is 9.78 Å². The van der Waals surface area contributed by atoms with E-state index in [-0.39, 0.29) is 5.56 Å². The summed E-state index contributed by atoms with van der Waals surface area (Å²) in [7, 11) is 0. The van der Waals surface area contributed by atoms with Crippen LogP contribution in [0.15, 0.2) is 48.7 Å². The van der Waals surface area contributed by atoms with Gasteiger partial charge < -0.3 is 10.4 Å². The zero-order chi connectivity index (χ0) is 18.0. The topological polar surface area (TPSA) is 62.2 Å². The lowest BCUT2D eigenvalue weighted by molar-refractivity contribution is 0.0916. The molecule has 1 atom stereocenters. The van der Waals surface area contributed by atoms with Crippen LogP contribution in [-0.4, -0.2) is 22.6 Å². The lowest BCUT2D eigenvalue weighted by Crippen LogP contribution is -2.31. The third kappa shape index (κ3) is 3.46. The third-order valence-electron chi connectivity index (χ3n) is 3.76. The molecule has 4 nitrogen and oxygen atoms in total. The second kappa shape index (κ2) is 6.90. The van der Waals surface area contributed by atoms with Gasteiger partial charge >= 0.3 is 0 Å². The minimum atomic E-state index is -1.60. The minimum Gasteiger partial charge on any atom is -0.394 e. The summed E-state index contributed by atoms with van der Waals surface area (Å²) in [6, 6.07) is 8.73. The Morgan fingerprint density at radius 3 is 2.52 bits per heavy atom. The van der Waals surface area contributed by atoms with Crippen molar-refractivity contribution in [2.24, 2.45) is 0 Å². The number of hydrogen-bond donors (Lipinski definition) is 2. The largest absolute Gasteiger partial charge is 0.394 e. The van der Waals surface area contributed by atoms with E-state index in [0.29, 0.717) is 11.1 Å². The summed E-state index contributed by atoms with van der Waals surface area (Å²) < 4.78 is 39.8. The van der Waals surface area contributed by atoms with Gasteiger partial charge in [0, 0.05) is 17.1 Å². The first-order chi connectivity index (χ1) is 12.0. The molecular formula is C18H13F3N2O2. The van der Waals surface area contributed by atoms with Crippen LogP contribution in [0.4, 0.5) is 13.2 Å². The van der Waals surface area contributed by atoms with Gasteiger partial charge in [0.1, 0.15) is 0 Å². The number of fused-ring (bicyclic) bond motifs is 1. The fourth-order valence-electron chi connectivity index (χ4n) is 2.47. The van der Waals surface area contributed by atoms with Gasteiger partial charge in [-0.05, 0) is 42.0 Å². The molecule has 0 fully saturated rings. The maximum atomic E-state index is 13.4. The highest BCUT2D eigenvalue weighted by Crippen LogP contribution is 2.20. The fraction of sp³-hybridized carbons (Fsp3) is 0.111. The van der Waals surface area contributed by atoms with Crippen LogP contribution in [0.1, 0.15) is 22.0 Å². The Morgan fingerprint density at radius 2 is 1.84 bits per heavy atom. The summed E-state index contributed by atoms with van der Waals surface area (Å²) in [6.45, 7) is -0.606. The lowest BCUT2D eigenvalue weighted by atomic mass is 10.1. The number of benzene rings is 2. The Labute approximate surface area is 140 Å². The van der Waals surface area contributed by atoms with Crippen LogP contribution in [0, 0.1) is 17.5 Å². The van der Waals surface area contributed by atoms with E-state index in [2.05, 4.69) is 10.3 Å². The summed E-state index contributed by atoms with van der Waals surface area (Å²) in [5.41, 5.74) is 0.928. The highest BCUT2D eigenvalue weighted by atomic mass is 19.2. The molecule has 0 radical (unpaired) electrons. The second-order valence-corrected chi connectivity index (χ2v) is 5.42. The lowest BCUT2D eigenvalue weighted by Gasteiger charge is -2.17. The molecule has 0 saturated carbocycles. The van der Waals surface area contributed by atoms with Crippen LogP contribution in [0.3, 0.4) is 0 Å². The molecule has 2 N–H and O–H groups in total. The van der Waals surface area contributed by atoms with Gasteiger partial charge in [0.25, 0.3) is 5.91 Å². The predicted octanol–water partition coefficient (Wildman–Crippen LogP) is 3.12. The number of nitrogens with zero attached hydrogens (tertiary/aromatic N) is 1. The van der Waals surface area contributed by atoms with E-state index in [4.69, 9.17) is 0 Å². The molecule has 0 aliphatic rings. The molecule has 0 bridgehead atoms. The van der Waals surface area contributed by atoms with Crippen LogP contribution in [0.25, 0.3) is 10.9 Å². The molecule has 25 heavy (non-hydrogen) atoms. The van der Waals surface area contributed by atoms with Crippen molar-refractivity contribution in [3.8, 4) is 0 Å². The number of amides is 1. The molecule has 0 saturated heterocycles. The molecule has 0 aliphatic carbocycles. The summed E-state index contributed by atoms with van der Waals surface area (Å²) in [4.78, 5) is 16.5. The molecule has 1 unspecified atom stereocenters. The van der Waals surface area contributed by atoms with Crippen molar-refractivity contribution in [3.05, 3.63) is 77.2 Å². The Kier molecular flexibility index (Phi) is 4.67. The summed E-state index contributed by atoms with van der Waals surface area (Å²) in [5, 5.41) is 12.7. The molecule has 7 heteroatoms. The summed E-state index contributed by atoms with van der Waals surface area (Å²) >= 11 is 0. The molecular weight excluding hydrogens is 333 g/mol. The van der Waals surface area contributed by atoms with Crippen LogP contribution in [0.2, 0.25) is 0 Å². The first-order valence-corrected chi connectivity index (χ1v) is 7.40. The van der Waals surface area contributed by atoms with Crippen molar-refractivity contribution in [3.63, 3.8) is 0 Å². The Morgan fingerprint density at radius 1 is 1.12 bits per heavy atom. The Balaban J connectivity index is 1.86. The van der Waals surface area contributed by atoms with Crippen molar-refractivity contribution < 1.29 is 23.1 Å². The van der Waals surface area contributed by atoms with E-state index in [0.717, 1.165) is 17.5 Å². The molecule has 1 heterocycles. The maximum Gasteiger partial charge on any atom is 0.251 e. The Bertz CT molecular complexity index is 924.